The van der Waals surface area contributed by atoms with Crippen LogP contribution >= 0.6 is 0 Å². The van der Waals surface area contributed by atoms with Gasteiger partial charge in [-0.2, -0.15) is 0 Å². The molecule has 0 N–H and O–H groups in total. The van der Waals surface area contributed by atoms with Crippen molar-refractivity contribution < 1.29 is 18.7 Å². The number of hydrogen-bond donors (Lipinski definition) is 0. The number of amides is 1. The largest absolute Gasteiger partial charge is 0.370 e. The third-order valence-corrected chi connectivity index (χ3v) is 3.08. The van der Waals surface area contributed by atoms with Gasteiger partial charge in [-0.05, 0) is 30.7 Å². The first-order valence-electron chi connectivity index (χ1n) is 6.31. The molecular weight excluding hydrogens is 249 g/mol. The van der Waals surface area contributed by atoms with Crippen LogP contribution in [0.25, 0.3) is 0 Å². The number of hydrogen-bond acceptors (Lipinski definition) is 3. The Morgan fingerprint density at radius 1 is 1.32 bits per heavy atom. The summed E-state index contributed by atoms with van der Waals surface area (Å²) in [6, 6.07) is 5.52. The maximum atomic E-state index is 12.7. The Morgan fingerprint density at radius 3 is 2.74 bits per heavy atom. The molecule has 1 saturated heterocycles. The van der Waals surface area contributed by atoms with Gasteiger partial charge in [0.15, 0.2) is 5.78 Å². The maximum absolute atomic E-state index is 12.7. The molecule has 1 aromatic rings. The predicted molar refractivity (Wildman–Crippen MR) is 67.4 cm³/mol. The highest BCUT2D eigenvalue weighted by molar-refractivity contribution is 5.96. The van der Waals surface area contributed by atoms with Crippen molar-refractivity contribution in [2.24, 2.45) is 0 Å². The molecule has 0 radical (unpaired) electrons. The van der Waals surface area contributed by atoms with Gasteiger partial charge in [-0.3, -0.25) is 9.59 Å². The SMILES string of the molecule is O=C(CCCN1CCOCC1=O)c1ccc(F)cc1. The van der Waals surface area contributed by atoms with Crippen molar-refractivity contribution in [1.82, 2.24) is 4.90 Å². The number of nitrogens with zero attached hydrogens (tertiary/aromatic N) is 1. The van der Waals surface area contributed by atoms with Gasteiger partial charge in [0.25, 0.3) is 0 Å². The summed E-state index contributed by atoms with van der Waals surface area (Å²) in [5.41, 5.74) is 0.509. The number of carbonyl (C=O) groups excluding carboxylic acids is 2. The Morgan fingerprint density at radius 2 is 2.05 bits per heavy atom. The van der Waals surface area contributed by atoms with Gasteiger partial charge in [-0.1, -0.05) is 0 Å². The molecular formula is C14H16FNO3. The van der Waals surface area contributed by atoms with E-state index < -0.39 is 0 Å². The van der Waals surface area contributed by atoms with Gasteiger partial charge in [-0.15, -0.1) is 0 Å². The van der Waals surface area contributed by atoms with Gasteiger partial charge in [0.05, 0.1) is 6.61 Å². The van der Waals surface area contributed by atoms with Crippen molar-refractivity contribution >= 4 is 11.7 Å². The van der Waals surface area contributed by atoms with Crippen LogP contribution in [0.5, 0.6) is 0 Å². The van der Waals surface area contributed by atoms with E-state index in [1.807, 2.05) is 0 Å². The molecule has 0 unspecified atom stereocenters. The van der Waals surface area contributed by atoms with Crippen LogP contribution in [0.15, 0.2) is 24.3 Å². The molecule has 0 saturated carbocycles. The van der Waals surface area contributed by atoms with E-state index in [4.69, 9.17) is 4.74 Å². The van der Waals surface area contributed by atoms with E-state index >= 15 is 0 Å². The molecule has 19 heavy (non-hydrogen) atoms. The van der Waals surface area contributed by atoms with Crippen LogP contribution in [0.1, 0.15) is 23.2 Å². The molecule has 4 nitrogen and oxygen atoms in total. The van der Waals surface area contributed by atoms with Gasteiger partial charge >= 0.3 is 0 Å². The summed E-state index contributed by atoms with van der Waals surface area (Å²) in [6.45, 7) is 1.84. The molecule has 0 spiro atoms. The van der Waals surface area contributed by atoms with E-state index in [0.29, 0.717) is 38.1 Å². The zero-order valence-electron chi connectivity index (χ0n) is 10.6. The van der Waals surface area contributed by atoms with Crippen LogP contribution in [0.3, 0.4) is 0 Å². The fourth-order valence-corrected chi connectivity index (χ4v) is 2.00. The number of Topliss-reactive ketones (excluding diaryl/α,β-unsaturated/α-hetero) is 1. The van der Waals surface area contributed by atoms with E-state index in [-0.39, 0.29) is 24.1 Å². The smallest absolute Gasteiger partial charge is 0.248 e. The Bertz CT molecular complexity index is 458. The maximum Gasteiger partial charge on any atom is 0.248 e. The summed E-state index contributed by atoms with van der Waals surface area (Å²) in [6.07, 6.45) is 0.970. The second-order valence-corrected chi connectivity index (χ2v) is 4.47. The summed E-state index contributed by atoms with van der Waals surface area (Å²) in [5.74, 6) is -0.406. The van der Waals surface area contributed by atoms with Crippen molar-refractivity contribution in [3.8, 4) is 0 Å². The molecule has 1 heterocycles. The third-order valence-electron chi connectivity index (χ3n) is 3.08. The van der Waals surface area contributed by atoms with E-state index in [1.54, 1.807) is 4.90 Å². The van der Waals surface area contributed by atoms with E-state index in [2.05, 4.69) is 0 Å². The number of morpholine rings is 1. The second-order valence-electron chi connectivity index (χ2n) is 4.47. The second kappa shape index (κ2) is 6.43. The van der Waals surface area contributed by atoms with Crippen LogP contribution in [-0.2, 0) is 9.53 Å². The fraction of sp³-hybridized carbons (Fsp3) is 0.429. The van der Waals surface area contributed by atoms with Crippen molar-refractivity contribution in [3.05, 3.63) is 35.6 Å². The highest BCUT2D eigenvalue weighted by atomic mass is 19.1. The summed E-state index contributed by atoms with van der Waals surface area (Å²) >= 11 is 0. The Balaban J connectivity index is 1.77. The van der Waals surface area contributed by atoms with Gasteiger partial charge in [0, 0.05) is 25.1 Å². The first-order chi connectivity index (χ1) is 9.16. The number of ketones is 1. The molecule has 2 rings (SSSR count). The van der Waals surface area contributed by atoms with Crippen molar-refractivity contribution in [2.45, 2.75) is 12.8 Å². The number of carbonyl (C=O) groups is 2. The van der Waals surface area contributed by atoms with Crippen LogP contribution in [0, 0.1) is 5.82 Å². The molecule has 1 aromatic carbocycles. The Hall–Kier alpha value is -1.75. The zero-order valence-corrected chi connectivity index (χ0v) is 10.6. The van der Waals surface area contributed by atoms with E-state index in [0.717, 1.165) is 0 Å². The van der Waals surface area contributed by atoms with Crippen molar-refractivity contribution in [2.75, 3.05) is 26.3 Å². The van der Waals surface area contributed by atoms with Gasteiger partial charge < -0.3 is 9.64 Å². The van der Waals surface area contributed by atoms with Gasteiger partial charge in [0.2, 0.25) is 5.91 Å². The minimum absolute atomic E-state index is 0.0271. The predicted octanol–water partition coefficient (Wildman–Crippen LogP) is 1.65. The molecule has 1 aliphatic rings. The average molecular weight is 265 g/mol. The number of ether oxygens (including phenoxy) is 1. The first kappa shape index (κ1) is 13.7. The molecule has 1 fully saturated rings. The Labute approximate surface area is 111 Å². The van der Waals surface area contributed by atoms with E-state index in [9.17, 15) is 14.0 Å². The summed E-state index contributed by atoms with van der Waals surface area (Å²) < 4.78 is 17.7. The Kier molecular flexibility index (Phi) is 4.63. The molecule has 0 bridgehead atoms. The number of benzene rings is 1. The van der Waals surface area contributed by atoms with Crippen LogP contribution in [0.2, 0.25) is 0 Å². The van der Waals surface area contributed by atoms with Crippen LogP contribution in [-0.4, -0.2) is 42.9 Å². The van der Waals surface area contributed by atoms with Crippen LogP contribution in [0.4, 0.5) is 4.39 Å². The van der Waals surface area contributed by atoms with Gasteiger partial charge in [-0.25, -0.2) is 4.39 Å². The highest BCUT2D eigenvalue weighted by Crippen LogP contribution is 2.08. The van der Waals surface area contributed by atoms with Crippen LogP contribution < -0.4 is 0 Å². The molecule has 102 valence electrons. The lowest BCUT2D eigenvalue weighted by molar-refractivity contribution is -0.142. The molecule has 1 aliphatic heterocycles. The molecule has 1 amide bonds. The quantitative estimate of drug-likeness (QED) is 0.760. The zero-order chi connectivity index (χ0) is 13.7. The monoisotopic (exact) mass is 265 g/mol. The molecule has 0 aromatic heterocycles. The topological polar surface area (TPSA) is 46.6 Å². The minimum Gasteiger partial charge on any atom is -0.370 e. The minimum atomic E-state index is -0.351. The third kappa shape index (κ3) is 3.86. The summed E-state index contributed by atoms with van der Waals surface area (Å²) in [5, 5.41) is 0. The molecule has 0 atom stereocenters. The van der Waals surface area contributed by atoms with E-state index in [1.165, 1.54) is 24.3 Å². The lowest BCUT2D eigenvalue weighted by atomic mass is 10.1. The summed E-state index contributed by atoms with van der Waals surface area (Å²) in [4.78, 5) is 25.0. The van der Waals surface area contributed by atoms with Crippen molar-refractivity contribution in [1.29, 1.82) is 0 Å². The first-order valence-corrected chi connectivity index (χ1v) is 6.31. The van der Waals surface area contributed by atoms with Crippen molar-refractivity contribution in [3.63, 3.8) is 0 Å². The average Bonchev–Trinajstić information content (AvgIpc) is 2.41. The summed E-state index contributed by atoms with van der Waals surface area (Å²) in [7, 11) is 0. The fourth-order valence-electron chi connectivity index (χ4n) is 2.00. The normalized spacial score (nSPS) is 15.6. The van der Waals surface area contributed by atoms with Gasteiger partial charge in [0.1, 0.15) is 12.4 Å². The lowest BCUT2D eigenvalue weighted by Crippen LogP contribution is -2.42. The molecule has 5 heteroatoms. The molecule has 0 aliphatic carbocycles. The highest BCUT2D eigenvalue weighted by Gasteiger charge is 2.18. The standard InChI is InChI=1S/C14H16FNO3/c15-12-5-3-11(4-6-12)13(17)2-1-7-16-8-9-19-10-14(16)18/h3-6H,1-2,7-10H2. The number of halogens is 1. The lowest BCUT2D eigenvalue weighted by Gasteiger charge is -2.26. The number of rotatable bonds is 5.